The second kappa shape index (κ2) is 8.69. The largest absolute Gasteiger partial charge is 0.451 e. The molecule has 0 N–H and O–H groups in total. The summed E-state index contributed by atoms with van der Waals surface area (Å²) in [5, 5.41) is 4.99. The summed E-state index contributed by atoms with van der Waals surface area (Å²) in [6.45, 7) is 4.27. The van der Waals surface area contributed by atoms with Gasteiger partial charge in [0.15, 0.2) is 12.3 Å². The number of amides is 1. The number of carbonyl (C=O) groups excluding carboxylic acids is 2. The number of hydrogen-bond donors (Lipinski definition) is 0. The monoisotopic (exact) mass is 421 g/mol. The van der Waals surface area contributed by atoms with Crippen LogP contribution < -0.4 is 5.56 Å². The summed E-state index contributed by atoms with van der Waals surface area (Å²) in [4.78, 5) is 40.0. The summed E-state index contributed by atoms with van der Waals surface area (Å²) >= 11 is 0. The van der Waals surface area contributed by atoms with Gasteiger partial charge in [-0.15, -0.1) is 0 Å². The van der Waals surface area contributed by atoms with Crippen LogP contribution in [0, 0.1) is 0 Å². The number of para-hydroxylation sites is 1. The minimum atomic E-state index is -0.761. The van der Waals surface area contributed by atoms with Gasteiger partial charge in [0.2, 0.25) is 0 Å². The zero-order valence-electron chi connectivity index (χ0n) is 17.4. The molecule has 1 aliphatic rings. The van der Waals surface area contributed by atoms with Gasteiger partial charge in [-0.25, -0.2) is 4.79 Å². The predicted octanol–water partition coefficient (Wildman–Crippen LogP) is 2.18. The van der Waals surface area contributed by atoms with Crippen molar-refractivity contribution in [1.29, 1.82) is 0 Å². The normalized spacial score (nSPS) is 18.7. The van der Waals surface area contributed by atoms with Gasteiger partial charge in [-0.3, -0.25) is 9.59 Å². The molecular weight excluding hydrogens is 398 g/mol. The molecule has 0 aliphatic carbocycles. The van der Waals surface area contributed by atoms with Gasteiger partial charge in [0.1, 0.15) is 0 Å². The van der Waals surface area contributed by atoms with E-state index >= 15 is 0 Å². The van der Waals surface area contributed by atoms with Crippen molar-refractivity contribution in [3.8, 4) is 5.69 Å². The molecule has 1 aliphatic heterocycles. The molecule has 3 aromatic rings. The van der Waals surface area contributed by atoms with E-state index in [-0.39, 0.29) is 29.4 Å². The number of esters is 1. The molecular formula is C23H23N3O5. The highest BCUT2D eigenvalue weighted by atomic mass is 16.5. The van der Waals surface area contributed by atoms with E-state index in [1.165, 1.54) is 4.68 Å². The first-order valence-electron chi connectivity index (χ1n) is 10.1. The lowest BCUT2D eigenvalue weighted by molar-refractivity contribution is -0.146. The number of aromatic nitrogens is 2. The molecule has 2 aromatic carbocycles. The second-order valence-electron chi connectivity index (χ2n) is 7.58. The molecule has 4 rings (SSSR count). The highest BCUT2D eigenvalue weighted by Gasteiger charge is 2.27. The van der Waals surface area contributed by atoms with Crippen molar-refractivity contribution in [2.75, 3.05) is 19.7 Å². The van der Waals surface area contributed by atoms with Crippen molar-refractivity contribution in [2.45, 2.75) is 26.1 Å². The average molecular weight is 421 g/mol. The summed E-state index contributed by atoms with van der Waals surface area (Å²) in [6, 6.07) is 15.5. The molecule has 1 saturated heterocycles. The van der Waals surface area contributed by atoms with Gasteiger partial charge < -0.3 is 14.4 Å². The van der Waals surface area contributed by atoms with Gasteiger partial charge in [-0.1, -0.05) is 36.4 Å². The summed E-state index contributed by atoms with van der Waals surface area (Å²) in [6.07, 6.45) is -0.160. The lowest BCUT2D eigenvalue weighted by Gasteiger charge is -2.35. The molecule has 8 nitrogen and oxygen atoms in total. The van der Waals surface area contributed by atoms with Gasteiger partial charge in [-0.05, 0) is 32.0 Å². The molecule has 0 spiro atoms. The molecule has 0 bridgehead atoms. The van der Waals surface area contributed by atoms with E-state index < -0.39 is 12.6 Å². The number of nitrogens with zero attached hydrogens (tertiary/aromatic N) is 3. The van der Waals surface area contributed by atoms with Crippen LogP contribution in [-0.2, 0) is 14.3 Å². The summed E-state index contributed by atoms with van der Waals surface area (Å²) in [5.74, 6) is -1.06. The number of carbonyl (C=O) groups is 2. The van der Waals surface area contributed by atoms with Gasteiger partial charge >= 0.3 is 5.97 Å². The Bertz CT molecular complexity index is 1160. The van der Waals surface area contributed by atoms with Crippen molar-refractivity contribution >= 4 is 22.6 Å². The number of hydrogen-bond acceptors (Lipinski definition) is 6. The molecule has 2 atom stereocenters. The Morgan fingerprint density at radius 1 is 1.00 bits per heavy atom. The Morgan fingerprint density at radius 2 is 1.61 bits per heavy atom. The van der Waals surface area contributed by atoms with Gasteiger partial charge in [0, 0.05) is 18.5 Å². The maximum Gasteiger partial charge on any atom is 0.359 e. The van der Waals surface area contributed by atoms with Crippen molar-refractivity contribution in [3.05, 3.63) is 70.6 Å². The SMILES string of the molecule is C[C@@H]1CN(C(=O)COC(=O)c2nn(-c3ccccc3)c(=O)c3ccccc23)C[C@@H](C)O1. The van der Waals surface area contributed by atoms with Crippen LogP contribution in [0.15, 0.2) is 59.4 Å². The number of fused-ring (bicyclic) bond motifs is 1. The van der Waals surface area contributed by atoms with E-state index in [1.807, 2.05) is 19.9 Å². The highest BCUT2D eigenvalue weighted by molar-refractivity contribution is 6.02. The third-order valence-corrected chi connectivity index (χ3v) is 5.10. The fraction of sp³-hybridized carbons (Fsp3) is 0.304. The van der Waals surface area contributed by atoms with Crippen molar-refractivity contribution in [1.82, 2.24) is 14.7 Å². The van der Waals surface area contributed by atoms with Crippen LogP contribution in [0.2, 0.25) is 0 Å². The van der Waals surface area contributed by atoms with E-state index in [0.29, 0.717) is 29.5 Å². The number of benzene rings is 2. The van der Waals surface area contributed by atoms with Crippen LogP contribution >= 0.6 is 0 Å². The minimum absolute atomic E-state index is 0.0180. The van der Waals surface area contributed by atoms with E-state index in [4.69, 9.17) is 9.47 Å². The third-order valence-electron chi connectivity index (χ3n) is 5.10. The maximum atomic E-state index is 12.9. The Morgan fingerprint density at radius 3 is 2.29 bits per heavy atom. The molecule has 31 heavy (non-hydrogen) atoms. The van der Waals surface area contributed by atoms with Crippen LogP contribution in [0.4, 0.5) is 0 Å². The minimum Gasteiger partial charge on any atom is -0.451 e. The van der Waals surface area contributed by atoms with Crippen LogP contribution in [0.3, 0.4) is 0 Å². The predicted molar refractivity (Wildman–Crippen MR) is 114 cm³/mol. The van der Waals surface area contributed by atoms with E-state index in [9.17, 15) is 14.4 Å². The van der Waals surface area contributed by atoms with Crippen molar-refractivity contribution in [2.24, 2.45) is 0 Å². The molecule has 1 amide bonds. The lowest BCUT2D eigenvalue weighted by atomic mass is 10.1. The Hall–Kier alpha value is -3.52. The summed E-state index contributed by atoms with van der Waals surface area (Å²) in [5.41, 5.74) is 0.168. The van der Waals surface area contributed by atoms with E-state index in [2.05, 4.69) is 5.10 Å². The summed E-state index contributed by atoms with van der Waals surface area (Å²) < 4.78 is 12.1. The summed E-state index contributed by atoms with van der Waals surface area (Å²) in [7, 11) is 0. The number of ether oxygens (including phenoxy) is 2. The van der Waals surface area contributed by atoms with Crippen molar-refractivity contribution < 1.29 is 19.1 Å². The van der Waals surface area contributed by atoms with Crippen LogP contribution in [0.25, 0.3) is 16.5 Å². The Kier molecular flexibility index (Phi) is 5.81. The number of rotatable bonds is 4. The molecule has 2 heterocycles. The molecule has 1 aromatic heterocycles. The highest BCUT2D eigenvalue weighted by Crippen LogP contribution is 2.17. The zero-order valence-corrected chi connectivity index (χ0v) is 17.4. The van der Waals surface area contributed by atoms with Crippen LogP contribution in [-0.4, -0.2) is 58.5 Å². The Labute approximate surface area is 179 Å². The first-order valence-corrected chi connectivity index (χ1v) is 10.1. The van der Waals surface area contributed by atoms with Crippen LogP contribution in [0.1, 0.15) is 24.3 Å². The first kappa shape index (κ1) is 20.7. The fourth-order valence-corrected chi connectivity index (χ4v) is 3.75. The quantitative estimate of drug-likeness (QED) is 0.600. The molecule has 0 saturated carbocycles. The van der Waals surface area contributed by atoms with Gasteiger partial charge in [0.05, 0.1) is 23.3 Å². The first-order chi connectivity index (χ1) is 14.9. The second-order valence-corrected chi connectivity index (χ2v) is 7.58. The average Bonchev–Trinajstić information content (AvgIpc) is 2.77. The van der Waals surface area contributed by atoms with Gasteiger partial charge in [-0.2, -0.15) is 9.78 Å². The zero-order chi connectivity index (χ0) is 22.0. The lowest BCUT2D eigenvalue weighted by Crippen LogP contribution is -2.49. The topological polar surface area (TPSA) is 90.7 Å². The van der Waals surface area contributed by atoms with Crippen molar-refractivity contribution in [3.63, 3.8) is 0 Å². The molecule has 160 valence electrons. The third kappa shape index (κ3) is 4.34. The standard InChI is InChI=1S/C23H23N3O5/c1-15-12-25(13-16(2)31-15)20(27)14-30-23(29)21-18-10-6-7-11-19(18)22(28)26(24-21)17-8-4-3-5-9-17/h3-11,15-16H,12-14H2,1-2H3/t15-,16-/m1/s1. The molecule has 8 heteroatoms. The fourth-order valence-electron chi connectivity index (χ4n) is 3.75. The maximum absolute atomic E-state index is 12.9. The van der Waals surface area contributed by atoms with E-state index in [1.54, 1.807) is 53.4 Å². The molecule has 0 unspecified atom stereocenters. The Balaban J connectivity index is 1.61. The molecule has 0 radical (unpaired) electrons. The number of morpholine rings is 1. The van der Waals surface area contributed by atoms with E-state index in [0.717, 1.165) is 0 Å². The van der Waals surface area contributed by atoms with Gasteiger partial charge in [0.25, 0.3) is 11.5 Å². The van der Waals surface area contributed by atoms with Crippen LogP contribution in [0.5, 0.6) is 0 Å². The molecule has 1 fully saturated rings. The smallest absolute Gasteiger partial charge is 0.359 e.